The van der Waals surface area contributed by atoms with E-state index in [-0.39, 0.29) is 30.1 Å². The molecule has 3 rings (SSSR count). The number of nitrogens with one attached hydrogen (secondary N) is 2. The van der Waals surface area contributed by atoms with E-state index in [0.29, 0.717) is 19.0 Å². The first-order valence-corrected chi connectivity index (χ1v) is 11.5. The summed E-state index contributed by atoms with van der Waals surface area (Å²) in [6.07, 6.45) is -0.542. The van der Waals surface area contributed by atoms with Gasteiger partial charge in [-0.2, -0.15) is 5.10 Å². The van der Waals surface area contributed by atoms with Gasteiger partial charge in [0.25, 0.3) is 0 Å². The summed E-state index contributed by atoms with van der Waals surface area (Å²) in [4.78, 5) is 4.73. The van der Waals surface area contributed by atoms with E-state index >= 15 is 0 Å². The number of nitrogens with zero attached hydrogens (tertiary/aromatic N) is 3. The normalized spacial score (nSPS) is 12.3. The van der Waals surface area contributed by atoms with Gasteiger partial charge in [-0.05, 0) is 64.4 Å². The summed E-state index contributed by atoms with van der Waals surface area (Å²) in [7, 11) is 0. The van der Waals surface area contributed by atoms with Gasteiger partial charge < -0.3 is 20.5 Å². The molecule has 1 atom stereocenters. The first-order chi connectivity index (χ1) is 15.9. The number of guanidine groups is 1. The van der Waals surface area contributed by atoms with Crippen molar-refractivity contribution in [2.45, 2.75) is 53.4 Å². The number of halogens is 1. The predicted octanol–water partition coefficient (Wildman–Crippen LogP) is 4.68. The van der Waals surface area contributed by atoms with Gasteiger partial charge in [0.1, 0.15) is 5.75 Å². The van der Waals surface area contributed by atoms with Gasteiger partial charge >= 0.3 is 0 Å². The first kappa shape index (κ1) is 27.7. The fourth-order valence-electron chi connectivity index (χ4n) is 3.58. The zero-order chi connectivity index (χ0) is 23.8. The molecule has 0 spiro atoms. The van der Waals surface area contributed by atoms with Crippen LogP contribution in [0.2, 0.25) is 0 Å². The van der Waals surface area contributed by atoms with Gasteiger partial charge in [-0.1, -0.05) is 30.3 Å². The molecule has 8 heteroatoms. The van der Waals surface area contributed by atoms with Crippen LogP contribution < -0.4 is 15.4 Å². The molecule has 2 aromatic carbocycles. The SMILES string of the molecule is CCNC(=NCc1c(C)nn(-c2ccccc2)c1C)NCC(O)c1ccc(OC(C)C)cc1.I. The van der Waals surface area contributed by atoms with E-state index < -0.39 is 6.10 Å². The molecule has 0 radical (unpaired) electrons. The fourth-order valence-corrected chi connectivity index (χ4v) is 3.58. The van der Waals surface area contributed by atoms with E-state index in [0.717, 1.165) is 40.5 Å². The second kappa shape index (κ2) is 13.3. The summed E-state index contributed by atoms with van der Waals surface area (Å²) in [6.45, 7) is 11.6. The molecule has 0 fully saturated rings. The maximum atomic E-state index is 10.6. The van der Waals surface area contributed by atoms with E-state index in [1.807, 2.05) is 87.0 Å². The van der Waals surface area contributed by atoms with Crippen LogP contribution in [0.15, 0.2) is 59.6 Å². The number of para-hydroxylation sites is 1. The highest BCUT2D eigenvalue weighted by molar-refractivity contribution is 14.0. The number of rotatable bonds is 9. The first-order valence-electron chi connectivity index (χ1n) is 11.5. The van der Waals surface area contributed by atoms with Gasteiger partial charge in [-0.3, -0.25) is 0 Å². The molecule has 0 aliphatic carbocycles. The van der Waals surface area contributed by atoms with Crippen LogP contribution in [0.4, 0.5) is 0 Å². The van der Waals surface area contributed by atoms with Crippen LogP contribution in [0, 0.1) is 13.8 Å². The molecule has 1 aromatic heterocycles. The monoisotopic (exact) mass is 577 g/mol. The molecule has 0 saturated carbocycles. The molecule has 0 aliphatic heterocycles. The van der Waals surface area contributed by atoms with Crippen molar-refractivity contribution in [1.29, 1.82) is 0 Å². The standard InChI is InChI=1S/C26H35N5O2.HI/c1-6-27-26(29-17-25(32)21-12-14-23(15-13-21)33-18(2)3)28-16-24-19(4)30-31(20(24)5)22-10-8-7-9-11-22;/h7-15,18,25,32H,6,16-17H2,1-5H3,(H2,27,28,29);1H. The summed E-state index contributed by atoms with van der Waals surface area (Å²) in [5, 5.41) is 21.8. The minimum atomic E-state index is -0.661. The molecule has 1 heterocycles. The Bertz CT molecular complexity index is 1050. The molecule has 7 nitrogen and oxygen atoms in total. The second-order valence-corrected chi connectivity index (χ2v) is 8.22. The lowest BCUT2D eigenvalue weighted by atomic mass is 10.1. The van der Waals surface area contributed by atoms with Crippen LogP contribution >= 0.6 is 24.0 Å². The number of benzene rings is 2. The van der Waals surface area contributed by atoms with Crippen molar-refractivity contribution in [3.63, 3.8) is 0 Å². The highest BCUT2D eigenvalue weighted by atomic mass is 127. The average molecular weight is 578 g/mol. The number of aliphatic hydroxyl groups is 1. The third-order valence-electron chi connectivity index (χ3n) is 5.28. The Labute approximate surface area is 219 Å². The van der Waals surface area contributed by atoms with E-state index in [1.54, 1.807) is 0 Å². The number of hydrogen-bond acceptors (Lipinski definition) is 4. The average Bonchev–Trinajstić information content (AvgIpc) is 3.09. The van der Waals surface area contributed by atoms with E-state index in [9.17, 15) is 5.11 Å². The van der Waals surface area contributed by atoms with Crippen LogP contribution in [0.1, 0.15) is 49.4 Å². The summed E-state index contributed by atoms with van der Waals surface area (Å²) < 4.78 is 7.62. The molecule has 184 valence electrons. The van der Waals surface area contributed by atoms with Gasteiger partial charge in [-0.15, -0.1) is 24.0 Å². The van der Waals surface area contributed by atoms with Crippen LogP contribution in [0.3, 0.4) is 0 Å². The lowest BCUT2D eigenvalue weighted by Crippen LogP contribution is -2.39. The van der Waals surface area contributed by atoms with Gasteiger partial charge in [0.15, 0.2) is 5.96 Å². The van der Waals surface area contributed by atoms with Gasteiger partial charge in [0.2, 0.25) is 0 Å². The van der Waals surface area contributed by atoms with Gasteiger partial charge in [-0.25, -0.2) is 9.67 Å². The fraction of sp³-hybridized carbons (Fsp3) is 0.385. The molecule has 1 unspecified atom stereocenters. The minimum Gasteiger partial charge on any atom is -0.491 e. The Morgan fingerprint density at radius 1 is 1.06 bits per heavy atom. The summed E-state index contributed by atoms with van der Waals surface area (Å²) in [5.74, 6) is 1.45. The van der Waals surface area contributed by atoms with E-state index in [2.05, 4.69) is 17.6 Å². The number of aliphatic imine (C=N–C) groups is 1. The van der Waals surface area contributed by atoms with Crippen molar-refractivity contribution >= 4 is 29.9 Å². The highest BCUT2D eigenvalue weighted by Gasteiger charge is 2.13. The smallest absolute Gasteiger partial charge is 0.191 e. The maximum absolute atomic E-state index is 10.6. The number of aromatic nitrogens is 2. The molecule has 0 bridgehead atoms. The van der Waals surface area contributed by atoms with Crippen LogP contribution in [0.5, 0.6) is 5.75 Å². The Kier molecular flexibility index (Phi) is 10.8. The van der Waals surface area contributed by atoms with Gasteiger partial charge in [0.05, 0.1) is 30.1 Å². The molecule has 0 amide bonds. The molecular formula is C26H36IN5O2. The second-order valence-electron chi connectivity index (χ2n) is 8.22. The van der Waals surface area contributed by atoms with E-state index in [4.69, 9.17) is 14.8 Å². The molecule has 3 aromatic rings. The lowest BCUT2D eigenvalue weighted by Gasteiger charge is -2.16. The molecule has 0 saturated heterocycles. The van der Waals surface area contributed by atoms with Crippen molar-refractivity contribution in [1.82, 2.24) is 20.4 Å². The zero-order valence-electron chi connectivity index (χ0n) is 20.6. The summed E-state index contributed by atoms with van der Waals surface area (Å²) in [5.41, 5.74) is 4.98. The Morgan fingerprint density at radius 3 is 2.35 bits per heavy atom. The third-order valence-corrected chi connectivity index (χ3v) is 5.28. The largest absolute Gasteiger partial charge is 0.491 e. The quantitative estimate of drug-likeness (QED) is 0.196. The van der Waals surface area contributed by atoms with Crippen molar-refractivity contribution < 1.29 is 9.84 Å². The lowest BCUT2D eigenvalue weighted by molar-refractivity contribution is 0.180. The Balaban J connectivity index is 0.00000408. The van der Waals surface area contributed by atoms with E-state index in [1.165, 1.54) is 0 Å². The molecule has 3 N–H and O–H groups in total. The minimum absolute atomic E-state index is 0. The number of aryl methyl sites for hydroxylation is 1. The highest BCUT2D eigenvalue weighted by Crippen LogP contribution is 2.20. The van der Waals surface area contributed by atoms with Crippen molar-refractivity contribution in [2.24, 2.45) is 4.99 Å². The summed E-state index contributed by atoms with van der Waals surface area (Å²) >= 11 is 0. The zero-order valence-corrected chi connectivity index (χ0v) is 22.9. The number of ether oxygens (including phenoxy) is 1. The topological polar surface area (TPSA) is 83.7 Å². The van der Waals surface area contributed by atoms with Crippen LogP contribution in [-0.4, -0.2) is 40.0 Å². The Morgan fingerprint density at radius 2 is 1.74 bits per heavy atom. The third kappa shape index (κ3) is 7.46. The molecule has 0 aliphatic rings. The maximum Gasteiger partial charge on any atom is 0.191 e. The van der Waals surface area contributed by atoms with Crippen molar-refractivity contribution in [3.8, 4) is 11.4 Å². The molecule has 34 heavy (non-hydrogen) atoms. The van der Waals surface area contributed by atoms with Crippen molar-refractivity contribution in [3.05, 3.63) is 77.1 Å². The van der Waals surface area contributed by atoms with Crippen LogP contribution in [-0.2, 0) is 6.54 Å². The van der Waals surface area contributed by atoms with Gasteiger partial charge in [0, 0.05) is 24.3 Å². The summed E-state index contributed by atoms with van der Waals surface area (Å²) in [6, 6.07) is 17.6. The number of hydrogen-bond donors (Lipinski definition) is 3. The predicted molar refractivity (Wildman–Crippen MR) is 148 cm³/mol. The Hall–Kier alpha value is -2.59. The van der Waals surface area contributed by atoms with Crippen LogP contribution in [0.25, 0.3) is 5.69 Å². The number of aliphatic hydroxyl groups excluding tert-OH is 1. The van der Waals surface area contributed by atoms with Crippen molar-refractivity contribution in [2.75, 3.05) is 13.1 Å². The molecular weight excluding hydrogens is 541 g/mol.